The van der Waals surface area contributed by atoms with Crippen molar-refractivity contribution in [3.8, 4) is 11.5 Å². The summed E-state index contributed by atoms with van der Waals surface area (Å²) >= 11 is 3.58. The largest absolute Gasteiger partial charge is 0.493 e. The fourth-order valence-electron chi connectivity index (χ4n) is 3.09. The number of methoxy groups -OCH3 is 1. The lowest BCUT2D eigenvalue weighted by Crippen LogP contribution is -2.37. The zero-order valence-corrected chi connectivity index (χ0v) is 17.9. The number of nitrogens with zero attached hydrogens (tertiary/aromatic N) is 1. The molecule has 1 atom stereocenters. The third kappa shape index (κ3) is 6.26. The number of hydrogen-bond acceptors (Lipinski definition) is 4. The average molecular weight is 444 g/mol. The van der Waals surface area contributed by atoms with Crippen LogP contribution in [0.25, 0.3) is 0 Å². The first-order chi connectivity index (χ1) is 10.7. The molecule has 24 heavy (non-hydrogen) atoms. The molecular formula is C17H29BrCl2N2O2. The van der Waals surface area contributed by atoms with Crippen molar-refractivity contribution >= 4 is 40.7 Å². The van der Waals surface area contributed by atoms with E-state index in [-0.39, 0.29) is 24.8 Å². The van der Waals surface area contributed by atoms with Crippen LogP contribution in [-0.2, 0) is 6.54 Å². The Labute approximate surface area is 166 Å². The van der Waals surface area contributed by atoms with Crippen LogP contribution in [0.5, 0.6) is 11.5 Å². The summed E-state index contributed by atoms with van der Waals surface area (Å²) in [4.78, 5) is 2.56. The molecule has 0 aromatic heterocycles. The maximum absolute atomic E-state index is 5.63. The fraction of sp³-hybridized carbons (Fsp3) is 0.647. The van der Waals surface area contributed by atoms with Crippen molar-refractivity contribution in [1.82, 2.24) is 10.2 Å². The lowest BCUT2D eigenvalue weighted by atomic mass is 10.1. The molecule has 2 rings (SSSR count). The first kappa shape index (κ1) is 23.8. The summed E-state index contributed by atoms with van der Waals surface area (Å²) in [6.45, 7) is 9.12. The number of hydrogen-bond donors (Lipinski definition) is 1. The van der Waals surface area contributed by atoms with Crippen LogP contribution < -0.4 is 14.8 Å². The standard InChI is InChI=1S/C17H27BrN2O2.2ClH/c1-4-20-8-6-7-14(20)12-19-11-13-9-15(18)17(22-5-2)16(10-13)21-3;;/h9-10,14,19H,4-8,11-12H2,1-3H3;2*1H. The van der Waals surface area contributed by atoms with Crippen molar-refractivity contribution in [2.24, 2.45) is 0 Å². The molecule has 1 heterocycles. The summed E-state index contributed by atoms with van der Waals surface area (Å²) in [7, 11) is 1.68. The van der Waals surface area contributed by atoms with Gasteiger partial charge in [0.1, 0.15) is 0 Å². The van der Waals surface area contributed by atoms with Gasteiger partial charge >= 0.3 is 0 Å². The normalized spacial score (nSPS) is 17.1. The van der Waals surface area contributed by atoms with Crippen molar-refractivity contribution in [3.63, 3.8) is 0 Å². The van der Waals surface area contributed by atoms with Crippen LogP contribution in [0.3, 0.4) is 0 Å². The minimum atomic E-state index is 0. The summed E-state index contributed by atoms with van der Waals surface area (Å²) in [5.74, 6) is 1.56. The van der Waals surface area contributed by atoms with E-state index in [2.05, 4.69) is 45.2 Å². The smallest absolute Gasteiger partial charge is 0.175 e. The van der Waals surface area contributed by atoms with Gasteiger partial charge in [-0.2, -0.15) is 0 Å². The van der Waals surface area contributed by atoms with E-state index in [0.29, 0.717) is 12.6 Å². The predicted molar refractivity (Wildman–Crippen MR) is 108 cm³/mol. The second kappa shape index (κ2) is 12.2. The number of likely N-dealkylation sites (N-methyl/N-ethyl adjacent to an activating group) is 1. The van der Waals surface area contributed by atoms with Crippen LogP contribution in [0.1, 0.15) is 32.3 Å². The molecular weight excluding hydrogens is 415 g/mol. The van der Waals surface area contributed by atoms with E-state index in [1.54, 1.807) is 7.11 Å². The minimum Gasteiger partial charge on any atom is -0.493 e. The van der Waals surface area contributed by atoms with Crippen LogP contribution in [0, 0.1) is 0 Å². The zero-order chi connectivity index (χ0) is 15.9. The second-order valence-corrected chi connectivity index (χ2v) is 6.45. The Hall–Kier alpha value is -0.200. The quantitative estimate of drug-likeness (QED) is 0.650. The molecule has 4 nitrogen and oxygen atoms in total. The predicted octanol–water partition coefficient (Wildman–Crippen LogP) is 4.27. The highest BCUT2D eigenvalue weighted by Crippen LogP contribution is 2.36. The van der Waals surface area contributed by atoms with E-state index in [9.17, 15) is 0 Å². The Morgan fingerprint density at radius 3 is 2.67 bits per heavy atom. The summed E-state index contributed by atoms with van der Waals surface area (Å²) in [5, 5.41) is 3.58. The van der Waals surface area contributed by atoms with E-state index >= 15 is 0 Å². The van der Waals surface area contributed by atoms with Crippen molar-refractivity contribution in [1.29, 1.82) is 0 Å². The number of nitrogens with one attached hydrogen (secondary N) is 1. The zero-order valence-electron chi connectivity index (χ0n) is 14.6. The van der Waals surface area contributed by atoms with Crippen molar-refractivity contribution in [2.75, 3.05) is 33.4 Å². The first-order valence-electron chi connectivity index (χ1n) is 8.13. The monoisotopic (exact) mass is 442 g/mol. The lowest BCUT2D eigenvalue weighted by Gasteiger charge is -2.23. The minimum absolute atomic E-state index is 0. The highest BCUT2D eigenvalue weighted by atomic mass is 79.9. The molecule has 1 aromatic carbocycles. The van der Waals surface area contributed by atoms with Crippen molar-refractivity contribution in [3.05, 3.63) is 22.2 Å². The summed E-state index contributed by atoms with van der Waals surface area (Å²) in [6, 6.07) is 4.83. The van der Waals surface area contributed by atoms with Crippen molar-refractivity contribution in [2.45, 2.75) is 39.3 Å². The molecule has 140 valence electrons. The number of likely N-dealkylation sites (tertiary alicyclic amines) is 1. The lowest BCUT2D eigenvalue weighted by molar-refractivity contribution is 0.260. The highest BCUT2D eigenvalue weighted by molar-refractivity contribution is 9.10. The average Bonchev–Trinajstić information content (AvgIpc) is 2.97. The van der Waals surface area contributed by atoms with Gasteiger partial charge in [0.05, 0.1) is 18.2 Å². The molecule has 1 fully saturated rings. The van der Waals surface area contributed by atoms with Crippen LogP contribution in [-0.4, -0.2) is 44.3 Å². The molecule has 1 N–H and O–H groups in total. The molecule has 0 amide bonds. The molecule has 0 bridgehead atoms. The van der Waals surface area contributed by atoms with Crippen LogP contribution in [0.15, 0.2) is 16.6 Å². The molecule has 1 aliphatic heterocycles. The summed E-state index contributed by atoms with van der Waals surface area (Å²) in [6.07, 6.45) is 2.62. The molecule has 7 heteroatoms. The molecule has 1 aromatic rings. The third-order valence-corrected chi connectivity index (χ3v) is 4.78. The number of halogens is 3. The van der Waals surface area contributed by atoms with Gasteiger partial charge in [0.15, 0.2) is 11.5 Å². The van der Waals surface area contributed by atoms with Gasteiger partial charge in [0.2, 0.25) is 0 Å². The number of rotatable bonds is 8. The van der Waals surface area contributed by atoms with Gasteiger partial charge in [-0.3, -0.25) is 4.90 Å². The van der Waals surface area contributed by atoms with Crippen molar-refractivity contribution < 1.29 is 9.47 Å². The maximum atomic E-state index is 5.63. The van der Waals surface area contributed by atoms with Gasteiger partial charge in [-0.15, -0.1) is 24.8 Å². The third-order valence-electron chi connectivity index (χ3n) is 4.19. The van der Waals surface area contributed by atoms with E-state index in [1.807, 2.05) is 6.92 Å². The Morgan fingerprint density at radius 2 is 2.04 bits per heavy atom. The molecule has 1 saturated heterocycles. The topological polar surface area (TPSA) is 33.7 Å². The maximum Gasteiger partial charge on any atom is 0.175 e. The van der Waals surface area contributed by atoms with Crippen LogP contribution >= 0.6 is 40.7 Å². The Bertz CT molecular complexity index is 492. The van der Waals surface area contributed by atoms with Gasteiger partial charge < -0.3 is 14.8 Å². The molecule has 0 aliphatic carbocycles. The van der Waals surface area contributed by atoms with Gasteiger partial charge in [-0.1, -0.05) is 6.92 Å². The molecule has 1 unspecified atom stereocenters. The molecule has 0 saturated carbocycles. The summed E-state index contributed by atoms with van der Waals surface area (Å²) in [5.41, 5.74) is 1.20. The van der Waals surface area contributed by atoms with Gasteiger partial charge in [-0.25, -0.2) is 0 Å². The first-order valence-corrected chi connectivity index (χ1v) is 8.92. The van der Waals surface area contributed by atoms with Gasteiger partial charge in [-0.05, 0) is 66.5 Å². The summed E-state index contributed by atoms with van der Waals surface area (Å²) < 4.78 is 12.0. The van der Waals surface area contributed by atoms with E-state index < -0.39 is 0 Å². The van der Waals surface area contributed by atoms with Crippen LogP contribution in [0.2, 0.25) is 0 Å². The van der Waals surface area contributed by atoms with Gasteiger partial charge in [0, 0.05) is 19.1 Å². The second-order valence-electron chi connectivity index (χ2n) is 5.60. The Kier molecular flexibility index (Phi) is 12.1. The Morgan fingerprint density at radius 1 is 1.29 bits per heavy atom. The fourth-order valence-corrected chi connectivity index (χ4v) is 3.69. The Balaban J connectivity index is 0.00000264. The van der Waals surface area contributed by atoms with Crippen LogP contribution in [0.4, 0.5) is 0 Å². The molecule has 0 spiro atoms. The van der Waals surface area contributed by atoms with E-state index in [4.69, 9.17) is 9.47 Å². The highest BCUT2D eigenvalue weighted by Gasteiger charge is 2.22. The SMILES string of the molecule is CCOc1c(Br)cc(CNCC2CCCN2CC)cc1OC.Cl.Cl. The van der Waals surface area contributed by atoms with E-state index in [1.165, 1.54) is 24.9 Å². The van der Waals surface area contributed by atoms with Gasteiger partial charge in [0.25, 0.3) is 0 Å². The van der Waals surface area contributed by atoms with E-state index in [0.717, 1.165) is 35.6 Å². The molecule has 0 radical (unpaired) electrons. The number of ether oxygens (including phenoxy) is 2. The molecule has 1 aliphatic rings. The number of benzene rings is 1.